The van der Waals surface area contributed by atoms with Crippen LogP contribution < -0.4 is 5.56 Å². The molecule has 72 valence electrons. The summed E-state index contributed by atoms with van der Waals surface area (Å²) in [6.45, 7) is 0. The van der Waals surface area contributed by atoms with Gasteiger partial charge in [-0.2, -0.15) is 17.6 Å². The molecule has 0 amide bonds. The van der Waals surface area contributed by atoms with E-state index in [4.69, 9.17) is 5.11 Å². The van der Waals surface area contributed by atoms with Crippen LogP contribution in [-0.2, 0) is 6.18 Å². The Morgan fingerprint density at radius 3 is 2.38 bits per heavy atom. The number of pyridine rings is 1. The van der Waals surface area contributed by atoms with Gasteiger partial charge in [0.1, 0.15) is 5.56 Å². The first-order valence-corrected chi connectivity index (χ1v) is 3.01. The highest BCUT2D eigenvalue weighted by atomic mass is 19.4. The van der Waals surface area contributed by atoms with Gasteiger partial charge in [-0.3, -0.25) is 9.78 Å². The fraction of sp³-hybridized carbons (Fsp3) is 0.167. The predicted molar refractivity (Wildman–Crippen MR) is 33.7 cm³/mol. The van der Waals surface area contributed by atoms with Crippen LogP contribution in [0.1, 0.15) is 5.56 Å². The van der Waals surface area contributed by atoms with Crippen LogP contribution in [0.4, 0.5) is 17.6 Å². The second-order valence-corrected chi connectivity index (χ2v) is 2.21. The molecule has 0 radical (unpaired) electrons. The molecule has 13 heavy (non-hydrogen) atoms. The van der Waals surface area contributed by atoms with Crippen LogP contribution in [-0.4, -0.2) is 10.1 Å². The lowest BCUT2D eigenvalue weighted by atomic mass is 10.2. The summed E-state index contributed by atoms with van der Waals surface area (Å²) in [6.07, 6.45) is -4.94. The van der Waals surface area contributed by atoms with Gasteiger partial charge in [0.15, 0.2) is 5.75 Å². The maximum absolute atomic E-state index is 12.4. The number of H-pyrrole nitrogens is 1. The second-order valence-electron chi connectivity index (χ2n) is 2.21. The summed E-state index contributed by atoms with van der Waals surface area (Å²) in [7, 11) is 0. The molecule has 0 bridgehead atoms. The third-order valence-corrected chi connectivity index (χ3v) is 1.28. The van der Waals surface area contributed by atoms with E-state index in [1.807, 2.05) is 0 Å². The quantitative estimate of drug-likeness (QED) is 0.485. The van der Waals surface area contributed by atoms with E-state index in [2.05, 4.69) is 0 Å². The van der Waals surface area contributed by atoms with Crippen molar-refractivity contribution in [3.63, 3.8) is 0 Å². The average Bonchev–Trinajstić information content (AvgIpc) is 1.94. The molecule has 0 aliphatic heterocycles. The highest BCUT2D eigenvalue weighted by molar-refractivity contribution is 5.25. The van der Waals surface area contributed by atoms with Gasteiger partial charge in [-0.05, 0) is 0 Å². The first kappa shape index (κ1) is 9.56. The van der Waals surface area contributed by atoms with Crippen molar-refractivity contribution in [3.8, 4) is 5.75 Å². The number of aromatic nitrogens is 1. The summed E-state index contributed by atoms with van der Waals surface area (Å²) in [5, 5.41) is 8.58. The monoisotopic (exact) mass is 197 g/mol. The Hall–Kier alpha value is -1.53. The molecular formula is C6H3F4NO2. The van der Waals surface area contributed by atoms with Crippen molar-refractivity contribution in [2.75, 3.05) is 0 Å². The van der Waals surface area contributed by atoms with Gasteiger partial charge in [0.2, 0.25) is 5.95 Å². The minimum absolute atomic E-state index is 0.0359. The van der Waals surface area contributed by atoms with Crippen molar-refractivity contribution >= 4 is 0 Å². The van der Waals surface area contributed by atoms with E-state index in [1.165, 1.54) is 4.98 Å². The molecule has 1 heterocycles. The van der Waals surface area contributed by atoms with Crippen molar-refractivity contribution < 1.29 is 22.7 Å². The van der Waals surface area contributed by atoms with Crippen LogP contribution in [0.5, 0.6) is 5.75 Å². The number of aromatic hydroxyl groups is 1. The van der Waals surface area contributed by atoms with Crippen LogP contribution in [0.25, 0.3) is 0 Å². The zero-order valence-electron chi connectivity index (χ0n) is 5.94. The van der Waals surface area contributed by atoms with Crippen molar-refractivity contribution in [2.45, 2.75) is 6.18 Å². The van der Waals surface area contributed by atoms with Gasteiger partial charge < -0.3 is 5.11 Å². The Kier molecular flexibility index (Phi) is 2.02. The standard InChI is InChI=1S/C6H3F4NO2/c7-4-2(6(8,9)10)1-3(12)5(13)11-4/h1,12H,(H,11,13). The normalized spacial score (nSPS) is 11.7. The lowest BCUT2D eigenvalue weighted by molar-refractivity contribution is -0.140. The first-order valence-electron chi connectivity index (χ1n) is 3.01. The molecule has 0 saturated heterocycles. The number of halogens is 4. The Bertz CT molecular complexity index is 381. The molecule has 1 rings (SSSR count). The molecule has 0 fully saturated rings. The lowest BCUT2D eigenvalue weighted by Gasteiger charge is -2.06. The summed E-state index contributed by atoms with van der Waals surface area (Å²) in [6, 6.07) is 0.0359. The number of nitrogens with one attached hydrogen (secondary N) is 1. The molecular weight excluding hydrogens is 194 g/mol. The van der Waals surface area contributed by atoms with Crippen LogP contribution in [0.3, 0.4) is 0 Å². The van der Waals surface area contributed by atoms with Crippen LogP contribution in [0.15, 0.2) is 10.9 Å². The Balaban J connectivity index is 3.41. The van der Waals surface area contributed by atoms with Gasteiger partial charge in [-0.25, -0.2) is 0 Å². The van der Waals surface area contributed by atoms with Gasteiger partial charge >= 0.3 is 6.18 Å². The first-order chi connectivity index (χ1) is 5.82. The number of hydrogen-bond donors (Lipinski definition) is 2. The third-order valence-electron chi connectivity index (χ3n) is 1.28. The van der Waals surface area contributed by atoms with Crippen molar-refractivity contribution in [1.29, 1.82) is 0 Å². The molecule has 0 aliphatic rings. The van der Waals surface area contributed by atoms with Gasteiger partial charge in [0, 0.05) is 6.07 Å². The minimum atomic E-state index is -4.94. The topological polar surface area (TPSA) is 53.1 Å². The van der Waals surface area contributed by atoms with E-state index in [9.17, 15) is 22.4 Å². The van der Waals surface area contributed by atoms with E-state index in [1.54, 1.807) is 0 Å². The van der Waals surface area contributed by atoms with Crippen molar-refractivity contribution in [3.05, 3.63) is 27.9 Å². The molecule has 2 N–H and O–H groups in total. The summed E-state index contributed by atoms with van der Waals surface area (Å²) in [4.78, 5) is 11.6. The number of aromatic amines is 1. The largest absolute Gasteiger partial charge is 0.503 e. The third kappa shape index (κ3) is 1.79. The lowest BCUT2D eigenvalue weighted by Crippen LogP contribution is -2.15. The second kappa shape index (κ2) is 2.75. The Morgan fingerprint density at radius 2 is 1.92 bits per heavy atom. The molecule has 0 saturated carbocycles. The van der Waals surface area contributed by atoms with E-state index < -0.39 is 29.0 Å². The predicted octanol–water partition coefficient (Wildman–Crippen LogP) is 1.24. The minimum Gasteiger partial charge on any atom is -0.503 e. The van der Waals surface area contributed by atoms with Gasteiger partial charge in [-0.1, -0.05) is 0 Å². The van der Waals surface area contributed by atoms with E-state index in [0.717, 1.165) is 0 Å². The molecule has 0 atom stereocenters. The Labute approximate surface area is 68.6 Å². The average molecular weight is 197 g/mol. The zero-order valence-corrected chi connectivity index (χ0v) is 5.94. The Morgan fingerprint density at radius 1 is 1.38 bits per heavy atom. The van der Waals surface area contributed by atoms with Crippen LogP contribution in [0.2, 0.25) is 0 Å². The van der Waals surface area contributed by atoms with Crippen LogP contribution >= 0.6 is 0 Å². The SMILES string of the molecule is O=c1[nH]c(F)c(C(F)(F)F)cc1O. The molecule has 0 unspecified atom stereocenters. The highest BCUT2D eigenvalue weighted by Gasteiger charge is 2.35. The van der Waals surface area contributed by atoms with Gasteiger partial charge in [0.25, 0.3) is 5.56 Å². The van der Waals surface area contributed by atoms with Gasteiger partial charge in [0.05, 0.1) is 0 Å². The molecule has 1 aromatic rings. The number of alkyl halides is 3. The molecule has 0 aliphatic carbocycles. The fourth-order valence-corrected chi connectivity index (χ4v) is 0.703. The smallest absolute Gasteiger partial charge is 0.420 e. The van der Waals surface area contributed by atoms with E-state index >= 15 is 0 Å². The summed E-state index contributed by atoms with van der Waals surface area (Å²) < 4.78 is 48.1. The summed E-state index contributed by atoms with van der Waals surface area (Å²) in [5.74, 6) is -2.98. The van der Waals surface area contributed by atoms with E-state index in [-0.39, 0.29) is 6.07 Å². The molecule has 1 aromatic heterocycles. The number of hydrogen-bond acceptors (Lipinski definition) is 2. The molecule has 3 nitrogen and oxygen atoms in total. The summed E-state index contributed by atoms with van der Waals surface area (Å²) >= 11 is 0. The fourth-order valence-electron chi connectivity index (χ4n) is 0.703. The van der Waals surface area contributed by atoms with Crippen molar-refractivity contribution in [2.24, 2.45) is 0 Å². The summed E-state index contributed by atoms with van der Waals surface area (Å²) in [5.41, 5.74) is -3.00. The molecule has 7 heteroatoms. The maximum Gasteiger partial charge on any atom is 0.420 e. The molecule has 0 spiro atoms. The maximum atomic E-state index is 12.4. The number of rotatable bonds is 0. The van der Waals surface area contributed by atoms with Crippen molar-refractivity contribution in [1.82, 2.24) is 4.98 Å². The highest BCUT2D eigenvalue weighted by Crippen LogP contribution is 2.31. The van der Waals surface area contributed by atoms with Crippen LogP contribution in [0, 0.1) is 5.95 Å². The zero-order chi connectivity index (χ0) is 10.2. The van der Waals surface area contributed by atoms with Gasteiger partial charge in [-0.15, -0.1) is 0 Å². The van der Waals surface area contributed by atoms with E-state index in [0.29, 0.717) is 0 Å². The molecule has 0 aromatic carbocycles.